The van der Waals surface area contributed by atoms with E-state index in [2.05, 4.69) is 4.74 Å². The third-order valence-electron chi connectivity index (χ3n) is 1.83. The molecule has 0 atom stereocenters. The first-order chi connectivity index (χ1) is 7.27. The summed E-state index contributed by atoms with van der Waals surface area (Å²) in [5.41, 5.74) is -2.46. The maximum absolute atomic E-state index is 12.8. The summed E-state index contributed by atoms with van der Waals surface area (Å²) >= 11 is 0. The molecule has 0 fully saturated rings. The predicted octanol–water partition coefficient (Wildman–Crippen LogP) is -1.19. The monoisotopic (exact) mass is 278 g/mol. The van der Waals surface area contributed by atoms with Gasteiger partial charge in [0.15, 0.2) is 5.82 Å². The van der Waals surface area contributed by atoms with Crippen LogP contribution in [-0.2, 0) is 4.74 Å². The van der Waals surface area contributed by atoms with Crippen molar-refractivity contribution < 1.29 is 82.6 Å². The summed E-state index contributed by atoms with van der Waals surface area (Å²) in [6, 6.07) is 0.580. The van der Waals surface area contributed by atoms with Crippen LogP contribution in [0.3, 0.4) is 0 Å². The fourth-order valence-electron chi connectivity index (χ4n) is 1.08. The van der Waals surface area contributed by atoms with Crippen molar-refractivity contribution in [1.82, 2.24) is 0 Å². The van der Waals surface area contributed by atoms with E-state index in [9.17, 15) is 26.5 Å². The smallest absolute Gasteiger partial charge is 0.465 e. The van der Waals surface area contributed by atoms with Crippen molar-refractivity contribution >= 4 is 18.4 Å². The van der Waals surface area contributed by atoms with E-state index in [0.29, 0.717) is 6.07 Å². The van der Waals surface area contributed by atoms with Crippen molar-refractivity contribution in [3.63, 3.8) is 0 Å². The topological polar surface area (TPSA) is 26.3 Å². The van der Waals surface area contributed by atoms with Crippen LogP contribution in [-0.4, -0.2) is 20.1 Å². The number of carbonyl (C=O) groups is 1. The van der Waals surface area contributed by atoms with Crippen molar-refractivity contribution in [1.29, 1.82) is 0 Å². The molecule has 88 valence electrons. The Labute approximate surface area is 136 Å². The van der Waals surface area contributed by atoms with Crippen LogP contribution in [0.15, 0.2) is 12.1 Å². The van der Waals surface area contributed by atoms with Crippen LogP contribution >= 0.6 is 0 Å². The fourth-order valence-corrected chi connectivity index (χ4v) is 1.08. The van der Waals surface area contributed by atoms with Gasteiger partial charge in [-0.15, -0.1) is 0 Å². The summed E-state index contributed by atoms with van der Waals surface area (Å²) in [7, 11) is 0.919. The van der Waals surface area contributed by atoms with Gasteiger partial charge in [0.2, 0.25) is 0 Å². The third kappa shape index (κ3) is 4.02. The molecule has 0 bridgehead atoms. The molecular formula is C8H5BF5KO2. The van der Waals surface area contributed by atoms with Gasteiger partial charge >= 0.3 is 64.3 Å². The van der Waals surface area contributed by atoms with E-state index in [4.69, 9.17) is 0 Å². The van der Waals surface area contributed by atoms with Crippen LogP contribution in [0.2, 0.25) is 0 Å². The minimum absolute atomic E-state index is 0. The van der Waals surface area contributed by atoms with E-state index < -0.39 is 35.6 Å². The zero-order valence-electron chi connectivity index (χ0n) is 8.94. The van der Waals surface area contributed by atoms with Crippen molar-refractivity contribution in [2.45, 2.75) is 0 Å². The third-order valence-corrected chi connectivity index (χ3v) is 1.83. The summed E-state index contributed by atoms with van der Waals surface area (Å²) in [4.78, 5) is 10.9. The second-order valence-electron chi connectivity index (χ2n) is 2.93. The maximum atomic E-state index is 12.8. The molecule has 0 amide bonds. The molecule has 0 saturated heterocycles. The van der Waals surface area contributed by atoms with Crippen molar-refractivity contribution in [3.8, 4) is 0 Å². The van der Waals surface area contributed by atoms with Crippen molar-refractivity contribution in [2.24, 2.45) is 0 Å². The minimum atomic E-state index is -5.73. The van der Waals surface area contributed by atoms with Gasteiger partial charge in [0, 0.05) is 0 Å². The van der Waals surface area contributed by atoms with Crippen LogP contribution < -0.4 is 56.8 Å². The SMILES string of the molecule is COC(=O)c1cc(F)c(F)c([B-](F)(F)F)c1.[K+]. The van der Waals surface area contributed by atoms with Gasteiger partial charge in [0.05, 0.1) is 12.7 Å². The van der Waals surface area contributed by atoms with Crippen LogP contribution in [0.1, 0.15) is 10.4 Å². The summed E-state index contributed by atoms with van der Waals surface area (Å²) in [5.74, 6) is -4.92. The van der Waals surface area contributed by atoms with Crippen LogP contribution in [0.5, 0.6) is 0 Å². The molecule has 0 aromatic heterocycles. The Morgan fingerprint density at radius 1 is 1.24 bits per heavy atom. The number of benzene rings is 1. The minimum Gasteiger partial charge on any atom is -0.465 e. The normalized spacial score (nSPS) is 10.7. The van der Waals surface area contributed by atoms with Crippen LogP contribution in [0.4, 0.5) is 21.7 Å². The Hall–Kier alpha value is 0.0413. The quantitative estimate of drug-likeness (QED) is 0.386. The number of ether oxygens (including phenoxy) is 1. The number of rotatable bonds is 2. The molecule has 0 N–H and O–H groups in total. The molecule has 0 aliphatic rings. The number of halogens is 5. The number of hydrogen-bond acceptors (Lipinski definition) is 2. The maximum Gasteiger partial charge on any atom is 1.00 e. The molecule has 0 radical (unpaired) electrons. The van der Waals surface area contributed by atoms with E-state index in [1.54, 1.807) is 0 Å². The van der Waals surface area contributed by atoms with Crippen LogP contribution in [0, 0.1) is 11.6 Å². The van der Waals surface area contributed by atoms with Gasteiger partial charge in [-0.3, -0.25) is 0 Å². The molecule has 1 aromatic carbocycles. The van der Waals surface area contributed by atoms with E-state index in [-0.39, 0.29) is 57.5 Å². The Kier molecular flexibility index (Phi) is 6.29. The second-order valence-corrected chi connectivity index (χ2v) is 2.93. The Morgan fingerprint density at radius 3 is 2.18 bits per heavy atom. The molecule has 0 heterocycles. The van der Waals surface area contributed by atoms with Gasteiger partial charge in [-0.05, 0) is 6.07 Å². The largest absolute Gasteiger partial charge is 1.00 e. The first-order valence-electron chi connectivity index (χ1n) is 4.04. The molecule has 0 spiro atoms. The standard InChI is InChI=1S/C8H5BF5O2.K/c1-16-8(15)4-2-5(9(12,13)14)7(11)6(10)3-4;/h2-3H,1H3;/q-1;+1. The average Bonchev–Trinajstić information content (AvgIpc) is 2.18. The zero-order valence-corrected chi connectivity index (χ0v) is 12.1. The Morgan fingerprint density at radius 2 is 1.76 bits per heavy atom. The number of hydrogen-bond donors (Lipinski definition) is 0. The summed E-state index contributed by atoms with van der Waals surface area (Å²) < 4.78 is 66.6. The van der Waals surface area contributed by atoms with E-state index in [0.717, 1.165) is 7.11 Å². The molecule has 0 aliphatic carbocycles. The van der Waals surface area contributed by atoms with Crippen molar-refractivity contribution in [3.05, 3.63) is 29.3 Å². The summed E-state index contributed by atoms with van der Waals surface area (Å²) in [6.45, 7) is -5.73. The molecule has 0 unspecified atom stereocenters. The van der Waals surface area contributed by atoms with Gasteiger partial charge in [0.1, 0.15) is 5.82 Å². The molecule has 1 aromatic rings. The first-order valence-corrected chi connectivity index (χ1v) is 4.04. The molecule has 0 aliphatic heterocycles. The number of methoxy groups -OCH3 is 1. The number of carbonyl (C=O) groups excluding carboxylic acids is 1. The predicted molar refractivity (Wildman–Crippen MR) is 46.4 cm³/mol. The van der Waals surface area contributed by atoms with E-state index >= 15 is 0 Å². The summed E-state index contributed by atoms with van der Waals surface area (Å²) in [6.07, 6.45) is 0. The van der Waals surface area contributed by atoms with E-state index in [1.807, 2.05) is 0 Å². The molecule has 2 nitrogen and oxygen atoms in total. The number of esters is 1. The summed E-state index contributed by atoms with van der Waals surface area (Å²) in [5, 5.41) is 0. The van der Waals surface area contributed by atoms with Gasteiger partial charge in [0.25, 0.3) is 0 Å². The molecule has 9 heteroatoms. The Balaban J connectivity index is 0.00000256. The molecular weight excluding hydrogens is 273 g/mol. The molecule has 0 saturated carbocycles. The van der Waals surface area contributed by atoms with Gasteiger partial charge < -0.3 is 17.7 Å². The van der Waals surface area contributed by atoms with Crippen molar-refractivity contribution in [2.75, 3.05) is 7.11 Å². The van der Waals surface area contributed by atoms with E-state index in [1.165, 1.54) is 0 Å². The average molecular weight is 278 g/mol. The fraction of sp³-hybridized carbons (Fsp3) is 0.125. The molecule has 1 rings (SSSR count). The van der Waals surface area contributed by atoms with Crippen LogP contribution in [0.25, 0.3) is 0 Å². The second kappa shape index (κ2) is 6.28. The first kappa shape index (κ1) is 17.0. The van der Waals surface area contributed by atoms with Gasteiger partial charge in [-0.25, -0.2) is 13.6 Å². The Bertz CT molecular complexity index is 435. The van der Waals surface area contributed by atoms with Gasteiger partial charge in [-0.1, -0.05) is 11.5 Å². The zero-order chi connectivity index (χ0) is 12.5. The van der Waals surface area contributed by atoms with Gasteiger partial charge in [-0.2, -0.15) is 0 Å². The molecule has 17 heavy (non-hydrogen) atoms.